The lowest BCUT2D eigenvalue weighted by Crippen LogP contribution is -2.46. The summed E-state index contributed by atoms with van der Waals surface area (Å²) in [5.74, 6) is -1.50. The van der Waals surface area contributed by atoms with Gasteiger partial charge in [-0.05, 0) is 63.8 Å². The predicted octanol–water partition coefficient (Wildman–Crippen LogP) is 4.00. The van der Waals surface area contributed by atoms with Crippen LogP contribution in [0.2, 0.25) is 0 Å². The predicted molar refractivity (Wildman–Crippen MR) is 148 cm³/mol. The number of aromatic nitrogens is 1. The second kappa shape index (κ2) is 11.9. The number of hydrogen-bond acceptors (Lipinski definition) is 7. The average Bonchev–Trinajstić information content (AvgIpc) is 3.16. The van der Waals surface area contributed by atoms with Gasteiger partial charge in [0, 0.05) is 19.5 Å². The van der Waals surface area contributed by atoms with E-state index in [1.807, 2.05) is 36.4 Å². The van der Waals surface area contributed by atoms with Gasteiger partial charge in [0.25, 0.3) is 5.91 Å². The highest BCUT2D eigenvalue weighted by Gasteiger charge is 2.42. The molecule has 3 amide bonds. The van der Waals surface area contributed by atoms with Gasteiger partial charge in [-0.3, -0.25) is 19.4 Å². The molecule has 2 N–H and O–H groups in total. The van der Waals surface area contributed by atoms with E-state index >= 15 is 0 Å². The van der Waals surface area contributed by atoms with Gasteiger partial charge in [0.15, 0.2) is 0 Å². The van der Waals surface area contributed by atoms with E-state index in [2.05, 4.69) is 0 Å². The van der Waals surface area contributed by atoms with Crippen LogP contribution in [0.4, 0.5) is 4.79 Å². The first-order chi connectivity index (χ1) is 18.9. The number of ether oxygens (including phenoxy) is 2. The third-order valence-corrected chi connectivity index (χ3v) is 6.91. The number of nitrogens with two attached hydrogens (primary N) is 1. The Balaban J connectivity index is 1.42. The summed E-state index contributed by atoms with van der Waals surface area (Å²) in [5, 5.41) is 0. The number of primary amides is 1. The third kappa shape index (κ3) is 6.67. The van der Waals surface area contributed by atoms with Gasteiger partial charge in [-0.2, -0.15) is 0 Å². The van der Waals surface area contributed by atoms with Crippen molar-refractivity contribution in [1.82, 2.24) is 14.8 Å². The van der Waals surface area contributed by atoms with Crippen molar-refractivity contribution in [3.8, 4) is 0 Å². The summed E-state index contributed by atoms with van der Waals surface area (Å²) in [4.78, 5) is 58.2. The van der Waals surface area contributed by atoms with Crippen LogP contribution in [-0.4, -0.2) is 63.4 Å². The van der Waals surface area contributed by atoms with E-state index < -0.39 is 29.6 Å². The van der Waals surface area contributed by atoms with Gasteiger partial charge in [-0.25, -0.2) is 4.79 Å². The lowest BCUT2D eigenvalue weighted by molar-refractivity contribution is -0.155. The smallest absolute Gasteiger partial charge is 0.410 e. The van der Waals surface area contributed by atoms with Crippen molar-refractivity contribution in [2.45, 2.75) is 71.2 Å². The summed E-state index contributed by atoms with van der Waals surface area (Å²) in [6.07, 6.45) is 2.15. The fourth-order valence-corrected chi connectivity index (χ4v) is 4.95. The second-order valence-corrected chi connectivity index (χ2v) is 11.0. The summed E-state index contributed by atoms with van der Waals surface area (Å²) in [7, 11) is 0. The van der Waals surface area contributed by atoms with Crippen LogP contribution in [0.1, 0.15) is 80.3 Å². The van der Waals surface area contributed by atoms with Crippen LogP contribution < -0.4 is 5.73 Å². The fourth-order valence-electron chi connectivity index (χ4n) is 4.95. The van der Waals surface area contributed by atoms with Crippen LogP contribution >= 0.6 is 0 Å². The van der Waals surface area contributed by atoms with Crippen LogP contribution in [0.15, 0.2) is 48.5 Å². The van der Waals surface area contributed by atoms with E-state index in [0.717, 1.165) is 11.1 Å². The molecule has 0 saturated heterocycles. The zero-order valence-corrected chi connectivity index (χ0v) is 23.4. The first-order valence-corrected chi connectivity index (χ1v) is 13.4. The van der Waals surface area contributed by atoms with Crippen molar-refractivity contribution in [2.24, 2.45) is 5.73 Å². The van der Waals surface area contributed by atoms with Crippen molar-refractivity contribution >= 4 is 29.5 Å². The molecule has 2 aliphatic rings. The van der Waals surface area contributed by atoms with E-state index in [-0.39, 0.29) is 31.4 Å². The highest BCUT2D eigenvalue weighted by molar-refractivity contribution is 6.01. The number of amides is 3. The van der Waals surface area contributed by atoms with E-state index in [4.69, 9.17) is 20.2 Å². The number of fused-ring (bicyclic) bond motifs is 1. The summed E-state index contributed by atoms with van der Waals surface area (Å²) < 4.78 is 10.8. The van der Waals surface area contributed by atoms with Crippen molar-refractivity contribution < 1.29 is 28.7 Å². The molecule has 1 aromatic heterocycles. The zero-order chi connectivity index (χ0) is 29.0. The summed E-state index contributed by atoms with van der Waals surface area (Å²) in [6.45, 7) is 8.16. The fraction of sp³-hybridized carbons (Fsp3) is 0.433. The lowest BCUT2D eigenvalue weighted by Gasteiger charge is -2.29. The Morgan fingerprint density at radius 2 is 1.85 bits per heavy atom. The number of hydrogen-bond donors (Lipinski definition) is 1. The molecule has 1 unspecified atom stereocenters. The van der Waals surface area contributed by atoms with Crippen LogP contribution in [0.25, 0.3) is 5.57 Å². The maximum Gasteiger partial charge on any atom is 0.410 e. The third-order valence-electron chi connectivity index (χ3n) is 6.91. The molecule has 40 heavy (non-hydrogen) atoms. The van der Waals surface area contributed by atoms with E-state index in [9.17, 15) is 19.2 Å². The molecule has 0 spiro atoms. The molecule has 1 aromatic carbocycles. The molecular formula is C30H36N4O6. The number of benzene rings is 1. The second-order valence-electron chi connectivity index (χ2n) is 11.0. The molecule has 0 bridgehead atoms. The minimum absolute atomic E-state index is 0.0480. The summed E-state index contributed by atoms with van der Waals surface area (Å²) in [5.41, 5.74) is 8.57. The topological polar surface area (TPSA) is 132 Å². The number of rotatable bonds is 8. The molecule has 0 aliphatic carbocycles. The highest BCUT2D eigenvalue weighted by Crippen LogP contribution is 2.36. The van der Waals surface area contributed by atoms with E-state index in [0.29, 0.717) is 36.5 Å². The largest absolute Gasteiger partial charge is 0.460 e. The Hall–Kier alpha value is -4.21. The van der Waals surface area contributed by atoms with Crippen LogP contribution in [0.3, 0.4) is 0 Å². The Morgan fingerprint density at radius 3 is 2.48 bits per heavy atom. The number of esters is 1. The standard InChI is InChI=1S/C30H36N4O6/c1-19-26-22(28(37)34(19)24(27(31)36)12-13-25(35)40-30(2,3)4)10-11-23(32-26)21-14-16-33(17-15-21)29(38)39-18-20-8-6-5-7-9-20/h5-11,14,19,24H,12-13,15-18H2,1-4H3,(H2,31,36)/t19?,24-/m0/s1. The Morgan fingerprint density at radius 1 is 1.12 bits per heavy atom. The normalized spacial score (nSPS) is 17.6. The molecule has 212 valence electrons. The van der Waals surface area contributed by atoms with Crippen molar-refractivity contribution in [1.29, 1.82) is 0 Å². The number of nitrogens with zero attached hydrogens (tertiary/aromatic N) is 3. The molecule has 0 radical (unpaired) electrons. The average molecular weight is 549 g/mol. The highest BCUT2D eigenvalue weighted by atomic mass is 16.6. The van der Waals surface area contributed by atoms with Gasteiger partial charge in [0.2, 0.25) is 5.91 Å². The number of carbonyl (C=O) groups excluding carboxylic acids is 4. The Bertz CT molecular complexity index is 1320. The van der Waals surface area contributed by atoms with Gasteiger partial charge < -0.3 is 25.0 Å². The molecule has 0 fully saturated rings. The molecule has 10 heteroatoms. The zero-order valence-electron chi connectivity index (χ0n) is 23.4. The summed E-state index contributed by atoms with van der Waals surface area (Å²) >= 11 is 0. The molecule has 3 heterocycles. The maximum atomic E-state index is 13.3. The molecule has 4 rings (SSSR count). The van der Waals surface area contributed by atoms with Crippen molar-refractivity contribution in [3.63, 3.8) is 0 Å². The maximum absolute atomic E-state index is 13.3. The quantitative estimate of drug-likeness (QED) is 0.493. The van der Waals surface area contributed by atoms with Gasteiger partial charge in [-0.15, -0.1) is 0 Å². The van der Waals surface area contributed by atoms with E-state index in [1.165, 1.54) is 4.90 Å². The number of carbonyl (C=O) groups is 4. The summed E-state index contributed by atoms with van der Waals surface area (Å²) in [6, 6.07) is 11.5. The van der Waals surface area contributed by atoms with Crippen LogP contribution in [-0.2, 0) is 25.7 Å². The first-order valence-electron chi connectivity index (χ1n) is 13.4. The monoisotopic (exact) mass is 548 g/mol. The van der Waals surface area contributed by atoms with Crippen molar-refractivity contribution in [3.05, 3.63) is 71.1 Å². The van der Waals surface area contributed by atoms with Crippen LogP contribution in [0.5, 0.6) is 0 Å². The number of pyridine rings is 1. The Labute approximate surface area is 234 Å². The minimum Gasteiger partial charge on any atom is -0.460 e. The van der Waals surface area contributed by atoms with Crippen molar-refractivity contribution in [2.75, 3.05) is 13.1 Å². The minimum atomic E-state index is -0.975. The van der Waals surface area contributed by atoms with Crippen LogP contribution in [0, 0.1) is 0 Å². The van der Waals surface area contributed by atoms with Gasteiger partial charge >= 0.3 is 12.1 Å². The van der Waals surface area contributed by atoms with Gasteiger partial charge in [0.05, 0.1) is 23.0 Å². The van der Waals surface area contributed by atoms with Gasteiger partial charge in [0.1, 0.15) is 18.2 Å². The lowest BCUT2D eigenvalue weighted by atomic mass is 10.0. The molecule has 2 aliphatic heterocycles. The molecule has 2 aromatic rings. The first kappa shape index (κ1) is 28.8. The van der Waals surface area contributed by atoms with Gasteiger partial charge in [-0.1, -0.05) is 36.4 Å². The SMILES string of the molecule is CC1c2nc(C3=CCN(C(=O)OCc4ccccc4)CC3)ccc2C(=O)N1[C@@H](CCC(=O)OC(C)(C)C)C(N)=O. The van der Waals surface area contributed by atoms with E-state index in [1.54, 1.807) is 44.7 Å². The Kier molecular flexibility index (Phi) is 8.56. The molecule has 0 saturated carbocycles. The molecule has 10 nitrogen and oxygen atoms in total. The molecular weight excluding hydrogens is 512 g/mol. The molecule has 2 atom stereocenters.